The second kappa shape index (κ2) is 4.63. The molecule has 0 atom stereocenters. The van der Waals surface area contributed by atoms with E-state index in [9.17, 15) is 0 Å². The van der Waals surface area contributed by atoms with Crippen molar-refractivity contribution in [2.24, 2.45) is 0 Å². The van der Waals surface area contributed by atoms with Gasteiger partial charge in [0.15, 0.2) is 0 Å². The summed E-state index contributed by atoms with van der Waals surface area (Å²) < 4.78 is 0. The topological polar surface area (TPSA) is 0 Å². The van der Waals surface area contributed by atoms with Crippen molar-refractivity contribution >= 4 is 0 Å². The second-order valence-electron chi connectivity index (χ2n) is 4.69. The average Bonchev–Trinajstić information content (AvgIpc) is 2.14. The Labute approximate surface area is 88.4 Å². The van der Waals surface area contributed by atoms with Gasteiger partial charge in [-0.3, -0.25) is 0 Å². The molecule has 1 aromatic rings. The molecule has 0 unspecified atom stereocenters. The molecule has 0 saturated heterocycles. The van der Waals surface area contributed by atoms with Gasteiger partial charge in [-0.05, 0) is 36.3 Å². The first-order valence-electron chi connectivity index (χ1n) is 5.49. The highest BCUT2D eigenvalue weighted by molar-refractivity contribution is 5.30. The molecule has 0 saturated carbocycles. The molecule has 0 aliphatic heterocycles. The van der Waals surface area contributed by atoms with E-state index in [1.165, 1.54) is 30.4 Å². The fourth-order valence-corrected chi connectivity index (χ4v) is 1.53. The van der Waals surface area contributed by atoms with Crippen molar-refractivity contribution in [1.29, 1.82) is 0 Å². The van der Waals surface area contributed by atoms with Gasteiger partial charge < -0.3 is 0 Å². The van der Waals surface area contributed by atoms with Crippen LogP contribution in [0.5, 0.6) is 0 Å². The Morgan fingerprint density at radius 2 is 2.00 bits per heavy atom. The minimum absolute atomic E-state index is 0.0300. The lowest BCUT2D eigenvalue weighted by molar-refractivity contribution is 0.662. The third-order valence-electron chi connectivity index (χ3n) is 2.53. The maximum absolute atomic E-state index is 4.16. The van der Waals surface area contributed by atoms with Gasteiger partial charge in [0.05, 0.1) is 0 Å². The van der Waals surface area contributed by atoms with Crippen LogP contribution in [-0.4, -0.2) is 0 Å². The molecule has 0 aliphatic carbocycles. The molecule has 0 N–H and O–H groups in total. The van der Waals surface area contributed by atoms with Gasteiger partial charge >= 0.3 is 0 Å². The molecule has 0 bridgehead atoms. The summed E-state index contributed by atoms with van der Waals surface area (Å²) in [6, 6.07) is 8.82. The van der Waals surface area contributed by atoms with Crippen LogP contribution in [0.15, 0.2) is 24.3 Å². The highest BCUT2D eigenvalue weighted by atomic mass is 14.2. The standard InChI is InChI=1S/C14H21/c1-5-6-8-12-9-7-10-13(11-12)14(2,3)4/h7,9-11H,2,5-6,8H2,1,3-4H3. The lowest BCUT2D eigenvalue weighted by Gasteiger charge is -2.19. The first kappa shape index (κ1) is 11.3. The lowest BCUT2D eigenvalue weighted by Crippen LogP contribution is -2.11. The van der Waals surface area contributed by atoms with Crippen LogP contribution in [0.1, 0.15) is 44.7 Å². The molecule has 1 rings (SSSR count). The van der Waals surface area contributed by atoms with Crippen LogP contribution in [0.4, 0.5) is 0 Å². The SMILES string of the molecule is [CH2]C(C)(C)c1cccc(CCCC)c1. The van der Waals surface area contributed by atoms with Crippen molar-refractivity contribution in [2.45, 2.75) is 45.4 Å². The van der Waals surface area contributed by atoms with E-state index in [1.54, 1.807) is 0 Å². The first-order valence-corrected chi connectivity index (χ1v) is 5.49. The fourth-order valence-electron chi connectivity index (χ4n) is 1.53. The van der Waals surface area contributed by atoms with Crippen LogP contribution in [0.25, 0.3) is 0 Å². The van der Waals surface area contributed by atoms with Crippen molar-refractivity contribution in [1.82, 2.24) is 0 Å². The molecule has 0 heteroatoms. The molecular weight excluding hydrogens is 168 g/mol. The predicted octanol–water partition coefficient (Wildman–Crippen LogP) is 4.14. The van der Waals surface area contributed by atoms with Gasteiger partial charge in [0.2, 0.25) is 0 Å². The Hall–Kier alpha value is -0.780. The molecule has 0 fully saturated rings. The van der Waals surface area contributed by atoms with Crippen LogP contribution < -0.4 is 0 Å². The average molecular weight is 189 g/mol. The molecule has 14 heavy (non-hydrogen) atoms. The van der Waals surface area contributed by atoms with Gasteiger partial charge in [-0.1, -0.05) is 51.5 Å². The van der Waals surface area contributed by atoms with Crippen molar-refractivity contribution < 1.29 is 0 Å². The quantitative estimate of drug-likeness (QED) is 0.667. The molecule has 0 heterocycles. The Morgan fingerprint density at radius 3 is 2.57 bits per heavy atom. The summed E-state index contributed by atoms with van der Waals surface area (Å²) in [5, 5.41) is 0. The number of benzene rings is 1. The zero-order valence-corrected chi connectivity index (χ0v) is 9.64. The summed E-state index contributed by atoms with van der Waals surface area (Å²) in [6.45, 7) is 10.7. The minimum atomic E-state index is 0.0300. The number of unbranched alkanes of at least 4 members (excludes halogenated alkanes) is 1. The Bertz CT molecular complexity index is 278. The summed E-state index contributed by atoms with van der Waals surface area (Å²) in [5.74, 6) is 0. The van der Waals surface area contributed by atoms with Crippen molar-refractivity contribution in [3.8, 4) is 0 Å². The predicted molar refractivity (Wildman–Crippen MR) is 63.4 cm³/mol. The Balaban J connectivity index is 2.79. The van der Waals surface area contributed by atoms with Gasteiger partial charge in [-0.25, -0.2) is 0 Å². The lowest BCUT2D eigenvalue weighted by atomic mass is 9.86. The normalized spacial score (nSPS) is 11.7. The van der Waals surface area contributed by atoms with E-state index < -0.39 is 0 Å². The maximum Gasteiger partial charge on any atom is -0.0103 e. The highest BCUT2D eigenvalue weighted by Gasteiger charge is 2.13. The van der Waals surface area contributed by atoms with E-state index >= 15 is 0 Å². The van der Waals surface area contributed by atoms with Crippen LogP contribution in [0.2, 0.25) is 0 Å². The smallest absolute Gasteiger partial charge is 0.0103 e. The monoisotopic (exact) mass is 189 g/mol. The number of hydrogen-bond acceptors (Lipinski definition) is 0. The third-order valence-corrected chi connectivity index (χ3v) is 2.53. The van der Waals surface area contributed by atoms with E-state index in [4.69, 9.17) is 0 Å². The zero-order valence-electron chi connectivity index (χ0n) is 9.64. The molecule has 0 aromatic heterocycles. The summed E-state index contributed by atoms with van der Waals surface area (Å²) in [4.78, 5) is 0. The third kappa shape index (κ3) is 3.17. The van der Waals surface area contributed by atoms with E-state index in [0.29, 0.717) is 0 Å². The summed E-state index contributed by atoms with van der Waals surface area (Å²) in [7, 11) is 0. The van der Waals surface area contributed by atoms with E-state index in [2.05, 4.69) is 52.0 Å². The molecular formula is C14H21. The van der Waals surface area contributed by atoms with Crippen LogP contribution in [0.3, 0.4) is 0 Å². The van der Waals surface area contributed by atoms with Crippen molar-refractivity contribution in [3.63, 3.8) is 0 Å². The van der Waals surface area contributed by atoms with Gasteiger partial charge in [0, 0.05) is 0 Å². The Kier molecular flexibility index (Phi) is 3.74. The number of rotatable bonds is 4. The Morgan fingerprint density at radius 1 is 1.29 bits per heavy atom. The molecule has 0 spiro atoms. The van der Waals surface area contributed by atoms with Gasteiger partial charge in [-0.2, -0.15) is 0 Å². The van der Waals surface area contributed by atoms with E-state index in [-0.39, 0.29) is 5.41 Å². The van der Waals surface area contributed by atoms with Crippen molar-refractivity contribution in [3.05, 3.63) is 42.3 Å². The zero-order chi connectivity index (χ0) is 10.6. The molecule has 1 aromatic carbocycles. The van der Waals surface area contributed by atoms with Crippen molar-refractivity contribution in [2.75, 3.05) is 0 Å². The fraction of sp³-hybridized carbons (Fsp3) is 0.500. The van der Waals surface area contributed by atoms with Gasteiger partial charge in [0.25, 0.3) is 0 Å². The van der Waals surface area contributed by atoms with Crippen LogP contribution in [-0.2, 0) is 11.8 Å². The molecule has 0 nitrogen and oxygen atoms in total. The first-order chi connectivity index (χ1) is 6.54. The number of aryl methyl sites for hydroxylation is 1. The second-order valence-corrected chi connectivity index (χ2v) is 4.69. The maximum atomic E-state index is 4.16. The highest BCUT2D eigenvalue weighted by Crippen LogP contribution is 2.22. The van der Waals surface area contributed by atoms with Gasteiger partial charge in [-0.15, -0.1) is 0 Å². The molecule has 0 amide bonds. The summed E-state index contributed by atoms with van der Waals surface area (Å²) in [6.07, 6.45) is 3.74. The minimum Gasteiger partial charge on any atom is -0.0654 e. The van der Waals surface area contributed by atoms with Gasteiger partial charge in [0.1, 0.15) is 0 Å². The van der Waals surface area contributed by atoms with E-state index in [1.807, 2.05) is 0 Å². The molecule has 0 aliphatic rings. The molecule has 77 valence electrons. The largest absolute Gasteiger partial charge is 0.0654 e. The molecule has 1 radical (unpaired) electrons. The summed E-state index contributed by atoms with van der Waals surface area (Å²) >= 11 is 0. The number of hydrogen-bond donors (Lipinski definition) is 0. The van der Waals surface area contributed by atoms with E-state index in [0.717, 1.165) is 0 Å². The summed E-state index contributed by atoms with van der Waals surface area (Å²) in [5.41, 5.74) is 2.81. The van der Waals surface area contributed by atoms with Crippen LogP contribution >= 0.6 is 0 Å². The van der Waals surface area contributed by atoms with Crippen LogP contribution in [0, 0.1) is 6.92 Å².